The van der Waals surface area contributed by atoms with E-state index in [0.717, 1.165) is 30.1 Å². The van der Waals surface area contributed by atoms with Gasteiger partial charge in [0.1, 0.15) is 0 Å². The molecule has 0 N–H and O–H groups in total. The highest BCUT2D eigenvalue weighted by Crippen LogP contribution is 2.29. The SMILES string of the molecule is C=c1ccc(=C)n1CCCCCC(C)C(F)(F)F. The van der Waals surface area contributed by atoms with E-state index < -0.39 is 12.1 Å². The van der Waals surface area contributed by atoms with Crippen LogP contribution < -0.4 is 10.7 Å². The van der Waals surface area contributed by atoms with Gasteiger partial charge in [-0.25, -0.2) is 0 Å². The van der Waals surface area contributed by atoms with Crippen molar-refractivity contribution >= 4 is 13.2 Å². The van der Waals surface area contributed by atoms with Crippen LogP contribution in [0.1, 0.15) is 32.6 Å². The Morgan fingerprint density at radius 1 is 1.11 bits per heavy atom. The molecule has 0 saturated heterocycles. The fourth-order valence-corrected chi connectivity index (χ4v) is 1.90. The third-order valence-corrected chi connectivity index (χ3v) is 3.24. The molecular formula is C14H20F3N. The number of hydrogen-bond acceptors (Lipinski definition) is 0. The van der Waals surface area contributed by atoms with E-state index in [-0.39, 0.29) is 6.42 Å². The maximum Gasteiger partial charge on any atom is 0.391 e. The van der Waals surface area contributed by atoms with Gasteiger partial charge < -0.3 is 4.57 Å². The molecule has 0 aromatic carbocycles. The molecule has 1 unspecified atom stereocenters. The zero-order chi connectivity index (χ0) is 13.8. The molecule has 102 valence electrons. The van der Waals surface area contributed by atoms with Gasteiger partial charge >= 0.3 is 6.18 Å². The lowest BCUT2D eigenvalue weighted by molar-refractivity contribution is -0.171. The lowest BCUT2D eigenvalue weighted by Gasteiger charge is -2.15. The second kappa shape index (κ2) is 6.12. The van der Waals surface area contributed by atoms with E-state index in [9.17, 15) is 13.2 Å². The third kappa shape index (κ3) is 4.24. The summed E-state index contributed by atoms with van der Waals surface area (Å²) in [5, 5.41) is 1.81. The molecule has 0 aliphatic heterocycles. The number of rotatable bonds is 6. The molecular weight excluding hydrogens is 239 g/mol. The van der Waals surface area contributed by atoms with Crippen molar-refractivity contribution in [2.24, 2.45) is 5.92 Å². The fraction of sp³-hybridized carbons (Fsp3) is 0.571. The molecule has 1 aromatic rings. The van der Waals surface area contributed by atoms with Gasteiger partial charge in [0.05, 0.1) is 5.92 Å². The molecule has 0 bridgehead atoms. The number of halogens is 3. The van der Waals surface area contributed by atoms with Crippen molar-refractivity contribution in [1.82, 2.24) is 4.57 Å². The third-order valence-electron chi connectivity index (χ3n) is 3.24. The van der Waals surface area contributed by atoms with Crippen LogP contribution in [0.3, 0.4) is 0 Å². The number of hydrogen-bond donors (Lipinski definition) is 0. The van der Waals surface area contributed by atoms with E-state index >= 15 is 0 Å². The lowest BCUT2D eigenvalue weighted by atomic mass is 10.0. The van der Waals surface area contributed by atoms with Crippen molar-refractivity contribution < 1.29 is 13.2 Å². The van der Waals surface area contributed by atoms with Gasteiger partial charge in [-0.15, -0.1) is 0 Å². The maximum absolute atomic E-state index is 12.3. The van der Waals surface area contributed by atoms with Gasteiger partial charge in [-0.05, 0) is 25.0 Å². The first-order valence-corrected chi connectivity index (χ1v) is 6.22. The summed E-state index contributed by atoms with van der Waals surface area (Å²) in [6.07, 6.45) is -1.56. The molecule has 0 fully saturated rings. The zero-order valence-electron chi connectivity index (χ0n) is 10.8. The van der Waals surface area contributed by atoms with Crippen LogP contribution in [0.25, 0.3) is 13.2 Å². The van der Waals surface area contributed by atoms with Gasteiger partial charge in [0, 0.05) is 17.2 Å². The molecule has 0 aliphatic carbocycles. The highest BCUT2D eigenvalue weighted by molar-refractivity contribution is 5.08. The molecule has 1 rings (SSSR count). The first kappa shape index (κ1) is 14.9. The number of nitrogens with zero attached hydrogens (tertiary/aromatic N) is 1. The summed E-state index contributed by atoms with van der Waals surface area (Å²) in [6.45, 7) is 9.78. The minimum Gasteiger partial charge on any atom is -0.343 e. The van der Waals surface area contributed by atoms with E-state index in [1.54, 1.807) is 0 Å². The monoisotopic (exact) mass is 259 g/mol. The fourth-order valence-electron chi connectivity index (χ4n) is 1.90. The largest absolute Gasteiger partial charge is 0.391 e. The zero-order valence-corrected chi connectivity index (χ0v) is 10.8. The molecule has 0 amide bonds. The summed E-state index contributed by atoms with van der Waals surface area (Å²) in [7, 11) is 0. The Morgan fingerprint density at radius 2 is 1.67 bits per heavy atom. The van der Waals surface area contributed by atoms with Crippen molar-refractivity contribution in [1.29, 1.82) is 0 Å². The molecule has 0 saturated carbocycles. The van der Waals surface area contributed by atoms with E-state index in [0.29, 0.717) is 6.42 Å². The van der Waals surface area contributed by atoms with Gasteiger partial charge in [0.25, 0.3) is 0 Å². The van der Waals surface area contributed by atoms with Crippen LogP contribution in [0.2, 0.25) is 0 Å². The van der Waals surface area contributed by atoms with Crippen molar-refractivity contribution in [3.05, 3.63) is 22.8 Å². The van der Waals surface area contributed by atoms with Crippen LogP contribution >= 0.6 is 0 Å². The summed E-state index contributed by atoms with van der Waals surface area (Å²) in [5.74, 6) is -1.20. The van der Waals surface area contributed by atoms with Gasteiger partial charge in [0.2, 0.25) is 0 Å². The average Bonchev–Trinajstić information content (AvgIpc) is 2.58. The molecule has 1 atom stereocenters. The first-order valence-electron chi connectivity index (χ1n) is 6.22. The second-order valence-corrected chi connectivity index (χ2v) is 4.76. The predicted molar refractivity (Wildman–Crippen MR) is 68.4 cm³/mol. The van der Waals surface area contributed by atoms with Gasteiger partial charge in [-0.2, -0.15) is 13.2 Å². The van der Waals surface area contributed by atoms with E-state index in [4.69, 9.17) is 0 Å². The predicted octanol–water partition coefficient (Wildman–Crippen LogP) is 3.07. The van der Waals surface area contributed by atoms with Crippen LogP contribution in [0.5, 0.6) is 0 Å². The minimum atomic E-state index is -4.05. The summed E-state index contributed by atoms with van der Waals surface area (Å²) in [4.78, 5) is 0. The first-order chi connectivity index (χ1) is 8.32. The molecule has 0 aliphatic rings. The molecule has 18 heavy (non-hydrogen) atoms. The van der Waals surface area contributed by atoms with Crippen molar-refractivity contribution in [3.8, 4) is 0 Å². The quantitative estimate of drug-likeness (QED) is 0.692. The van der Waals surface area contributed by atoms with Gasteiger partial charge in [0.15, 0.2) is 0 Å². The maximum atomic E-state index is 12.3. The average molecular weight is 259 g/mol. The van der Waals surface area contributed by atoms with Crippen LogP contribution in [-0.4, -0.2) is 10.7 Å². The smallest absolute Gasteiger partial charge is 0.343 e. The van der Waals surface area contributed by atoms with Crippen LogP contribution in [0, 0.1) is 5.92 Å². The van der Waals surface area contributed by atoms with Crippen LogP contribution in [0.4, 0.5) is 13.2 Å². The summed E-state index contributed by atoms with van der Waals surface area (Å²) < 4.78 is 38.8. The van der Waals surface area contributed by atoms with E-state index in [1.807, 2.05) is 16.7 Å². The molecule has 4 heteroatoms. The Hall–Kier alpha value is -1.19. The van der Waals surface area contributed by atoms with Crippen LogP contribution in [0.15, 0.2) is 12.1 Å². The van der Waals surface area contributed by atoms with Crippen molar-refractivity contribution in [2.45, 2.75) is 45.3 Å². The Bertz CT molecular complexity index is 431. The molecule has 0 spiro atoms. The van der Waals surface area contributed by atoms with Crippen molar-refractivity contribution in [3.63, 3.8) is 0 Å². The van der Waals surface area contributed by atoms with E-state index in [1.165, 1.54) is 6.92 Å². The van der Waals surface area contributed by atoms with E-state index in [2.05, 4.69) is 13.2 Å². The van der Waals surface area contributed by atoms with Gasteiger partial charge in [-0.3, -0.25) is 0 Å². The molecule has 1 aromatic heterocycles. The minimum absolute atomic E-state index is 0.212. The van der Waals surface area contributed by atoms with Crippen LogP contribution in [-0.2, 0) is 6.54 Å². The number of alkyl halides is 3. The van der Waals surface area contributed by atoms with Gasteiger partial charge in [-0.1, -0.05) is 32.9 Å². The Kier molecular flexibility index (Phi) is 5.05. The standard InChI is InChI=1S/C14H20F3N/c1-11(14(15,16)17)7-5-4-6-10-18-12(2)8-9-13(18)3/h8-9,11H,2-7,10H2,1H3. The number of aromatic nitrogens is 1. The summed E-state index contributed by atoms with van der Waals surface area (Å²) in [6, 6.07) is 3.79. The molecule has 1 nitrogen and oxygen atoms in total. The lowest BCUT2D eigenvalue weighted by Crippen LogP contribution is -2.24. The highest BCUT2D eigenvalue weighted by atomic mass is 19.4. The Labute approximate surface area is 106 Å². The van der Waals surface area contributed by atoms with Crippen molar-refractivity contribution in [2.75, 3.05) is 0 Å². The highest BCUT2D eigenvalue weighted by Gasteiger charge is 2.34. The Balaban J connectivity index is 2.24. The molecule has 0 radical (unpaired) electrons. The second-order valence-electron chi connectivity index (χ2n) is 4.76. The Morgan fingerprint density at radius 3 is 2.17 bits per heavy atom. The number of unbranched alkanes of at least 4 members (excludes halogenated alkanes) is 2. The summed E-state index contributed by atoms with van der Waals surface area (Å²) >= 11 is 0. The molecule has 1 heterocycles. The topological polar surface area (TPSA) is 4.93 Å². The summed E-state index contributed by atoms with van der Waals surface area (Å²) in [5.41, 5.74) is 0. The normalized spacial score (nSPS) is 13.8.